The zero-order chi connectivity index (χ0) is 15.9. The van der Waals surface area contributed by atoms with Gasteiger partial charge in [0.1, 0.15) is 16.9 Å². The summed E-state index contributed by atoms with van der Waals surface area (Å²) in [5.74, 6) is 0.488. The first-order valence-corrected chi connectivity index (χ1v) is 8.01. The van der Waals surface area contributed by atoms with Crippen molar-refractivity contribution in [1.29, 1.82) is 0 Å². The van der Waals surface area contributed by atoms with E-state index in [1.165, 1.54) is 17.6 Å². The standard InChI is InChI=1S/C14H20N4O3S/c1-3-5-12-17-18-14(22-12)16-13(20)15-9(2)8-10(19)11-6-4-7-21-11/h4,6-7,9-10,19H,3,5,8H2,1-2H3,(H2,15,16,18,20)/t9-,10-/m1/s1. The van der Waals surface area contributed by atoms with Gasteiger partial charge in [-0.05, 0) is 25.5 Å². The maximum Gasteiger partial charge on any atom is 0.321 e. The molecule has 0 unspecified atom stereocenters. The van der Waals surface area contributed by atoms with Crippen molar-refractivity contribution in [1.82, 2.24) is 15.5 Å². The SMILES string of the molecule is CCCc1nnc(NC(=O)N[C@H](C)C[C@@H](O)c2ccco2)s1. The Hall–Kier alpha value is -1.93. The van der Waals surface area contributed by atoms with Crippen LogP contribution in [0.15, 0.2) is 22.8 Å². The highest BCUT2D eigenvalue weighted by atomic mass is 32.1. The summed E-state index contributed by atoms with van der Waals surface area (Å²) in [6.45, 7) is 3.88. The summed E-state index contributed by atoms with van der Waals surface area (Å²) in [5.41, 5.74) is 0. The van der Waals surface area contributed by atoms with Crippen LogP contribution in [-0.4, -0.2) is 27.4 Å². The average Bonchev–Trinajstić information content (AvgIpc) is 3.10. The summed E-state index contributed by atoms with van der Waals surface area (Å²) in [6.07, 6.45) is 2.96. The van der Waals surface area contributed by atoms with Crippen molar-refractivity contribution in [2.24, 2.45) is 0 Å². The van der Waals surface area contributed by atoms with Crippen molar-refractivity contribution in [2.45, 2.75) is 45.3 Å². The predicted molar refractivity (Wildman–Crippen MR) is 83.8 cm³/mol. The number of carbonyl (C=O) groups excluding carboxylic acids is 1. The molecule has 2 aromatic rings. The van der Waals surface area contributed by atoms with Crippen LogP contribution in [0.3, 0.4) is 0 Å². The van der Waals surface area contributed by atoms with E-state index in [9.17, 15) is 9.90 Å². The first kappa shape index (κ1) is 16.4. The van der Waals surface area contributed by atoms with Crippen LogP contribution < -0.4 is 10.6 Å². The van der Waals surface area contributed by atoms with Crippen LogP contribution in [0.5, 0.6) is 0 Å². The molecule has 0 saturated heterocycles. The van der Waals surface area contributed by atoms with Crippen molar-refractivity contribution in [3.63, 3.8) is 0 Å². The highest BCUT2D eigenvalue weighted by Gasteiger charge is 2.17. The van der Waals surface area contributed by atoms with Crippen LogP contribution in [0, 0.1) is 0 Å². The Kier molecular flexibility index (Phi) is 5.91. The van der Waals surface area contributed by atoms with Gasteiger partial charge in [-0.15, -0.1) is 10.2 Å². The van der Waals surface area contributed by atoms with Crippen LogP contribution in [0.1, 0.15) is 43.6 Å². The summed E-state index contributed by atoms with van der Waals surface area (Å²) >= 11 is 1.37. The molecule has 2 amide bonds. The molecule has 0 fully saturated rings. The van der Waals surface area contributed by atoms with E-state index in [2.05, 4.69) is 27.8 Å². The number of hydrogen-bond acceptors (Lipinski definition) is 6. The van der Waals surface area contributed by atoms with E-state index in [1.807, 2.05) is 6.92 Å². The second-order valence-electron chi connectivity index (χ2n) is 5.02. The zero-order valence-electron chi connectivity index (χ0n) is 12.6. The maximum atomic E-state index is 11.9. The lowest BCUT2D eigenvalue weighted by Gasteiger charge is -2.16. The first-order chi connectivity index (χ1) is 10.6. The molecular weight excluding hydrogens is 304 g/mol. The normalized spacial score (nSPS) is 13.6. The number of aryl methyl sites for hydroxylation is 1. The number of hydrogen-bond donors (Lipinski definition) is 3. The molecule has 0 aliphatic rings. The summed E-state index contributed by atoms with van der Waals surface area (Å²) in [7, 11) is 0. The molecule has 0 aromatic carbocycles. The summed E-state index contributed by atoms with van der Waals surface area (Å²) in [5, 5.41) is 24.6. The van der Waals surface area contributed by atoms with E-state index in [0.29, 0.717) is 17.3 Å². The minimum Gasteiger partial charge on any atom is -0.467 e. The molecule has 2 rings (SSSR count). The number of anilines is 1. The van der Waals surface area contributed by atoms with Gasteiger partial charge in [-0.3, -0.25) is 5.32 Å². The molecule has 2 heterocycles. The third-order valence-electron chi connectivity index (χ3n) is 2.98. The third kappa shape index (κ3) is 4.81. The molecular formula is C14H20N4O3S. The Morgan fingerprint density at radius 1 is 1.50 bits per heavy atom. The number of nitrogens with one attached hydrogen (secondary N) is 2. The molecule has 8 heteroatoms. The number of aliphatic hydroxyl groups is 1. The molecule has 22 heavy (non-hydrogen) atoms. The second-order valence-corrected chi connectivity index (χ2v) is 6.08. The largest absolute Gasteiger partial charge is 0.467 e. The van der Waals surface area contributed by atoms with E-state index >= 15 is 0 Å². The number of aromatic nitrogens is 2. The Morgan fingerprint density at radius 3 is 3.00 bits per heavy atom. The summed E-state index contributed by atoms with van der Waals surface area (Å²) in [6, 6.07) is 2.84. The number of furan rings is 1. The lowest BCUT2D eigenvalue weighted by Crippen LogP contribution is -2.37. The van der Waals surface area contributed by atoms with Gasteiger partial charge in [0.05, 0.1) is 6.26 Å². The van der Waals surface area contributed by atoms with E-state index in [1.54, 1.807) is 12.1 Å². The molecule has 2 atom stereocenters. The number of aliphatic hydroxyl groups excluding tert-OH is 1. The monoisotopic (exact) mass is 324 g/mol. The number of nitrogens with zero attached hydrogens (tertiary/aromatic N) is 2. The highest BCUT2D eigenvalue weighted by Crippen LogP contribution is 2.19. The number of rotatable bonds is 7. The van der Waals surface area contributed by atoms with Crippen molar-refractivity contribution in [2.75, 3.05) is 5.32 Å². The maximum absolute atomic E-state index is 11.9. The van der Waals surface area contributed by atoms with Gasteiger partial charge in [0, 0.05) is 18.9 Å². The molecule has 0 bridgehead atoms. The average molecular weight is 324 g/mol. The first-order valence-electron chi connectivity index (χ1n) is 7.19. The van der Waals surface area contributed by atoms with Gasteiger partial charge in [0.25, 0.3) is 0 Å². The van der Waals surface area contributed by atoms with Crippen LogP contribution in [0.4, 0.5) is 9.93 Å². The van der Waals surface area contributed by atoms with Gasteiger partial charge in [-0.1, -0.05) is 18.3 Å². The van der Waals surface area contributed by atoms with Gasteiger partial charge >= 0.3 is 6.03 Å². The van der Waals surface area contributed by atoms with E-state index in [-0.39, 0.29) is 12.1 Å². The van der Waals surface area contributed by atoms with Gasteiger partial charge in [-0.2, -0.15) is 0 Å². The van der Waals surface area contributed by atoms with E-state index in [4.69, 9.17) is 4.42 Å². The fraction of sp³-hybridized carbons (Fsp3) is 0.500. The smallest absolute Gasteiger partial charge is 0.321 e. The van der Waals surface area contributed by atoms with Crippen LogP contribution in [-0.2, 0) is 6.42 Å². The second kappa shape index (κ2) is 7.90. The summed E-state index contributed by atoms with van der Waals surface area (Å²) in [4.78, 5) is 11.9. The Morgan fingerprint density at radius 2 is 2.32 bits per heavy atom. The molecule has 0 aliphatic carbocycles. The molecule has 0 spiro atoms. The molecule has 3 N–H and O–H groups in total. The third-order valence-corrected chi connectivity index (χ3v) is 3.88. The van der Waals surface area contributed by atoms with Crippen LogP contribution >= 0.6 is 11.3 Å². The molecule has 0 saturated carbocycles. The Bertz CT molecular complexity index is 585. The number of urea groups is 1. The minimum absolute atomic E-state index is 0.219. The predicted octanol–water partition coefficient (Wildman–Crippen LogP) is 2.72. The van der Waals surface area contributed by atoms with Gasteiger partial charge in [-0.25, -0.2) is 4.79 Å². The molecule has 0 aliphatic heterocycles. The van der Waals surface area contributed by atoms with Crippen molar-refractivity contribution < 1.29 is 14.3 Å². The minimum atomic E-state index is -0.747. The fourth-order valence-corrected chi connectivity index (χ4v) is 2.80. The molecule has 120 valence electrons. The Balaban J connectivity index is 1.78. The molecule has 0 radical (unpaired) electrons. The van der Waals surface area contributed by atoms with Crippen molar-refractivity contribution in [3.8, 4) is 0 Å². The van der Waals surface area contributed by atoms with Gasteiger partial charge in [0.15, 0.2) is 0 Å². The topological polar surface area (TPSA) is 100 Å². The zero-order valence-corrected chi connectivity index (χ0v) is 13.4. The van der Waals surface area contributed by atoms with Gasteiger partial charge < -0.3 is 14.8 Å². The lowest BCUT2D eigenvalue weighted by molar-refractivity contribution is 0.130. The van der Waals surface area contributed by atoms with Crippen LogP contribution in [0.2, 0.25) is 0 Å². The molecule has 2 aromatic heterocycles. The lowest BCUT2D eigenvalue weighted by atomic mass is 10.1. The Labute approximate surface area is 132 Å². The van der Waals surface area contributed by atoms with Crippen LogP contribution in [0.25, 0.3) is 0 Å². The van der Waals surface area contributed by atoms with Gasteiger partial charge in [0.2, 0.25) is 5.13 Å². The quantitative estimate of drug-likeness (QED) is 0.727. The van der Waals surface area contributed by atoms with Crippen molar-refractivity contribution >= 4 is 22.5 Å². The summed E-state index contributed by atoms with van der Waals surface area (Å²) < 4.78 is 5.13. The highest BCUT2D eigenvalue weighted by molar-refractivity contribution is 7.15. The number of amides is 2. The van der Waals surface area contributed by atoms with E-state index < -0.39 is 6.10 Å². The fourth-order valence-electron chi connectivity index (χ4n) is 1.97. The van der Waals surface area contributed by atoms with Crippen molar-refractivity contribution in [3.05, 3.63) is 29.2 Å². The number of carbonyl (C=O) groups is 1. The molecule has 7 nitrogen and oxygen atoms in total. The van der Waals surface area contributed by atoms with E-state index in [0.717, 1.165) is 17.8 Å².